The first-order chi connectivity index (χ1) is 11.7. The average molecular weight is 342 g/mol. The summed E-state index contributed by atoms with van der Waals surface area (Å²) in [5.74, 6) is 0.466. The van der Waals surface area contributed by atoms with Gasteiger partial charge in [0.15, 0.2) is 0 Å². The highest BCUT2D eigenvalue weighted by atomic mass is 32.1. The van der Waals surface area contributed by atoms with Gasteiger partial charge in [-0.1, -0.05) is 0 Å². The van der Waals surface area contributed by atoms with E-state index in [0.717, 1.165) is 56.0 Å². The summed E-state index contributed by atoms with van der Waals surface area (Å²) < 4.78 is 0. The Bertz CT molecular complexity index is 722. The Balaban J connectivity index is 1.48. The number of rotatable bonds is 2. The Morgan fingerprint density at radius 2 is 2.12 bits per heavy atom. The van der Waals surface area contributed by atoms with Crippen LogP contribution in [0.2, 0.25) is 0 Å². The van der Waals surface area contributed by atoms with E-state index in [1.807, 2.05) is 18.3 Å². The number of hydrogen-bond acceptors (Lipinski definition) is 5. The molecule has 3 heterocycles. The number of piperazine rings is 1. The zero-order chi connectivity index (χ0) is 16.5. The van der Waals surface area contributed by atoms with Crippen LogP contribution in [0.15, 0.2) is 24.5 Å². The van der Waals surface area contributed by atoms with E-state index in [2.05, 4.69) is 21.8 Å². The molecule has 2 aromatic heterocycles. The number of pyridine rings is 1. The summed E-state index contributed by atoms with van der Waals surface area (Å²) in [7, 11) is 2.12. The van der Waals surface area contributed by atoms with Gasteiger partial charge >= 0.3 is 0 Å². The second-order valence-corrected chi connectivity index (χ2v) is 7.78. The van der Waals surface area contributed by atoms with Gasteiger partial charge in [0.2, 0.25) is 5.91 Å². The lowest BCUT2D eigenvalue weighted by molar-refractivity contribution is -0.137. The smallest absolute Gasteiger partial charge is 0.226 e. The van der Waals surface area contributed by atoms with Gasteiger partial charge in [0.1, 0.15) is 5.01 Å². The molecule has 1 fully saturated rings. The van der Waals surface area contributed by atoms with Crippen molar-refractivity contribution in [2.45, 2.75) is 19.3 Å². The minimum absolute atomic E-state index is 0.128. The van der Waals surface area contributed by atoms with Gasteiger partial charge in [-0.2, -0.15) is 0 Å². The molecule has 2 aromatic rings. The van der Waals surface area contributed by atoms with Gasteiger partial charge in [0.25, 0.3) is 0 Å². The predicted molar refractivity (Wildman–Crippen MR) is 94.9 cm³/mol. The molecular weight excluding hydrogens is 320 g/mol. The third-order valence-electron chi connectivity index (χ3n) is 5.01. The largest absolute Gasteiger partial charge is 0.340 e. The third-order valence-corrected chi connectivity index (χ3v) is 6.18. The van der Waals surface area contributed by atoms with Crippen molar-refractivity contribution in [1.29, 1.82) is 0 Å². The molecule has 6 heteroatoms. The second-order valence-electron chi connectivity index (χ2n) is 6.70. The average Bonchev–Trinajstić information content (AvgIpc) is 3.06. The number of carbonyl (C=O) groups is 1. The molecule has 2 aliphatic rings. The molecule has 24 heavy (non-hydrogen) atoms. The van der Waals surface area contributed by atoms with Gasteiger partial charge in [0, 0.05) is 54.9 Å². The molecule has 0 radical (unpaired) electrons. The summed E-state index contributed by atoms with van der Waals surface area (Å²) >= 11 is 1.73. The van der Waals surface area contributed by atoms with Crippen molar-refractivity contribution in [3.63, 3.8) is 0 Å². The maximum atomic E-state index is 12.8. The van der Waals surface area contributed by atoms with E-state index < -0.39 is 0 Å². The lowest BCUT2D eigenvalue weighted by atomic mass is 9.90. The molecule has 0 bridgehead atoms. The Morgan fingerprint density at radius 1 is 1.29 bits per heavy atom. The molecule has 0 N–H and O–H groups in total. The van der Waals surface area contributed by atoms with Crippen LogP contribution in [-0.4, -0.2) is 58.9 Å². The van der Waals surface area contributed by atoms with Crippen LogP contribution in [0.4, 0.5) is 0 Å². The van der Waals surface area contributed by atoms with E-state index >= 15 is 0 Å². The van der Waals surface area contributed by atoms with E-state index in [4.69, 9.17) is 4.98 Å². The van der Waals surface area contributed by atoms with Crippen LogP contribution in [-0.2, 0) is 17.6 Å². The third kappa shape index (κ3) is 3.08. The Kier molecular flexibility index (Phi) is 4.33. The topological polar surface area (TPSA) is 49.3 Å². The van der Waals surface area contributed by atoms with Gasteiger partial charge in [0.05, 0.1) is 5.69 Å². The van der Waals surface area contributed by atoms with E-state index in [9.17, 15) is 4.79 Å². The highest BCUT2D eigenvalue weighted by Crippen LogP contribution is 2.35. The van der Waals surface area contributed by atoms with Gasteiger partial charge < -0.3 is 9.80 Å². The quantitative estimate of drug-likeness (QED) is 0.838. The Hall–Kier alpha value is -1.79. The fourth-order valence-electron chi connectivity index (χ4n) is 3.48. The standard InChI is InChI=1S/C18H22N4OS/c1-21-7-9-22(10-8-21)18(23)13-4-5-15-16(11-13)24-17(20-15)14-3-2-6-19-12-14/h2-3,6,12-13H,4-5,7-11H2,1H3. The number of hydrogen-bond donors (Lipinski definition) is 0. The van der Waals surface area contributed by atoms with Crippen molar-refractivity contribution in [2.75, 3.05) is 33.2 Å². The molecule has 1 aliphatic carbocycles. The van der Waals surface area contributed by atoms with E-state index in [1.165, 1.54) is 10.6 Å². The van der Waals surface area contributed by atoms with Crippen LogP contribution in [0.5, 0.6) is 0 Å². The summed E-state index contributed by atoms with van der Waals surface area (Å²) in [6.45, 7) is 3.69. The Morgan fingerprint density at radius 3 is 2.88 bits per heavy atom. The van der Waals surface area contributed by atoms with E-state index in [1.54, 1.807) is 17.5 Å². The molecule has 1 atom stereocenters. The summed E-state index contributed by atoms with van der Waals surface area (Å²) in [5, 5.41) is 1.03. The molecule has 0 saturated carbocycles. The highest BCUT2D eigenvalue weighted by Gasteiger charge is 2.31. The molecule has 4 rings (SSSR count). The monoisotopic (exact) mass is 342 g/mol. The summed E-state index contributed by atoms with van der Waals surface area (Å²) in [6, 6.07) is 3.99. The van der Waals surface area contributed by atoms with Crippen LogP contribution in [0, 0.1) is 5.92 Å². The summed E-state index contributed by atoms with van der Waals surface area (Å²) in [6.07, 6.45) is 6.32. The molecule has 0 spiro atoms. The van der Waals surface area contributed by atoms with Crippen molar-refractivity contribution < 1.29 is 4.79 Å². The second kappa shape index (κ2) is 6.61. The molecule has 5 nitrogen and oxygen atoms in total. The van der Waals surface area contributed by atoms with Gasteiger partial charge in [-0.05, 0) is 38.4 Å². The van der Waals surface area contributed by atoms with Gasteiger partial charge in [-0.15, -0.1) is 11.3 Å². The maximum absolute atomic E-state index is 12.8. The number of fused-ring (bicyclic) bond motifs is 1. The summed E-state index contributed by atoms with van der Waals surface area (Å²) in [4.78, 5) is 27.4. The van der Waals surface area contributed by atoms with E-state index in [0.29, 0.717) is 5.91 Å². The van der Waals surface area contributed by atoms with Crippen molar-refractivity contribution >= 4 is 17.2 Å². The van der Waals surface area contributed by atoms with Crippen LogP contribution in [0.1, 0.15) is 17.0 Å². The van der Waals surface area contributed by atoms with Crippen molar-refractivity contribution in [3.05, 3.63) is 35.1 Å². The summed E-state index contributed by atoms with van der Waals surface area (Å²) in [5.41, 5.74) is 2.25. The number of carbonyl (C=O) groups excluding carboxylic acids is 1. The molecule has 126 valence electrons. The van der Waals surface area contributed by atoms with Crippen LogP contribution < -0.4 is 0 Å². The fourth-order valence-corrected chi connectivity index (χ4v) is 4.66. The van der Waals surface area contributed by atoms with Crippen LogP contribution in [0.3, 0.4) is 0 Å². The number of nitrogens with zero attached hydrogens (tertiary/aromatic N) is 4. The maximum Gasteiger partial charge on any atom is 0.226 e. The minimum Gasteiger partial charge on any atom is -0.340 e. The van der Waals surface area contributed by atoms with Crippen LogP contribution >= 0.6 is 11.3 Å². The Labute approximate surface area is 146 Å². The van der Waals surface area contributed by atoms with Crippen molar-refractivity contribution in [3.8, 4) is 10.6 Å². The molecule has 1 saturated heterocycles. The number of likely N-dealkylation sites (N-methyl/N-ethyl adjacent to an activating group) is 1. The van der Waals surface area contributed by atoms with Crippen molar-refractivity contribution in [1.82, 2.24) is 19.8 Å². The molecule has 1 amide bonds. The number of amides is 1. The van der Waals surface area contributed by atoms with Gasteiger partial charge in [-0.25, -0.2) is 4.98 Å². The number of thiazole rings is 1. The van der Waals surface area contributed by atoms with Gasteiger partial charge in [-0.3, -0.25) is 9.78 Å². The number of aromatic nitrogens is 2. The number of aryl methyl sites for hydroxylation is 1. The zero-order valence-corrected chi connectivity index (χ0v) is 14.8. The van der Waals surface area contributed by atoms with Crippen LogP contribution in [0.25, 0.3) is 10.6 Å². The SMILES string of the molecule is CN1CCN(C(=O)C2CCc3nc(-c4cccnc4)sc3C2)CC1. The normalized spacial score (nSPS) is 21.5. The molecular formula is C18H22N4OS. The molecule has 1 aliphatic heterocycles. The molecule has 0 aromatic carbocycles. The lowest BCUT2D eigenvalue weighted by Gasteiger charge is -2.35. The molecule has 1 unspecified atom stereocenters. The minimum atomic E-state index is 0.128. The first kappa shape index (κ1) is 15.7. The zero-order valence-electron chi connectivity index (χ0n) is 13.9. The van der Waals surface area contributed by atoms with Crippen molar-refractivity contribution in [2.24, 2.45) is 5.92 Å². The lowest BCUT2D eigenvalue weighted by Crippen LogP contribution is -2.49. The first-order valence-corrected chi connectivity index (χ1v) is 9.38. The fraction of sp³-hybridized carbons (Fsp3) is 0.500. The highest BCUT2D eigenvalue weighted by molar-refractivity contribution is 7.15. The predicted octanol–water partition coefficient (Wildman–Crippen LogP) is 2.08. The first-order valence-electron chi connectivity index (χ1n) is 8.57. The van der Waals surface area contributed by atoms with E-state index in [-0.39, 0.29) is 5.92 Å².